The Morgan fingerprint density at radius 2 is 1.94 bits per heavy atom. The Balaban J connectivity index is 1.84. The number of piperazine rings is 1. The van der Waals surface area contributed by atoms with Gasteiger partial charge < -0.3 is 10.6 Å². The van der Waals surface area contributed by atoms with Crippen molar-refractivity contribution < 1.29 is 0 Å². The summed E-state index contributed by atoms with van der Waals surface area (Å²) in [6.07, 6.45) is 2.99. The SMILES string of the molecule is CCCN1CCN(Cc2cccnc2N)CC1. The fourth-order valence-electron chi connectivity index (χ4n) is 2.31. The molecular formula is C13H22N4. The van der Waals surface area contributed by atoms with Gasteiger partial charge in [-0.05, 0) is 19.0 Å². The number of nitrogens with two attached hydrogens (primary N) is 1. The number of hydrogen-bond acceptors (Lipinski definition) is 4. The molecule has 0 saturated carbocycles. The van der Waals surface area contributed by atoms with Gasteiger partial charge in [0.05, 0.1) is 0 Å². The summed E-state index contributed by atoms with van der Waals surface area (Å²) < 4.78 is 0. The highest BCUT2D eigenvalue weighted by Crippen LogP contribution is 2.12. The van der Waals surface area contributed by atoms with Gasteiger partial charge in [0, 0.05) is 44.5 Å². The summed E-state index contributed by atoms with van der Waals surface area (Å²) in [5.74, 6) is 0.670. The summed E-state index contributed by atoms with van der Waals surface area (Å²) in [5.41, 5.74) is 7.01. The van der Waals surface area contributed by atoms with E-state index in [4.69, 9.17) is 5.73 Å². The van der Waals surface area contributed by atoms with Crippen molar-refractivity contribution in [1.82, 2.24) is 14.8 Å². The van der Waals surface area contributed by atoms with Gasteiger partial charge in [-0.25, -0.2) is 4.98 Å². The van der Waals surface area contributed by atoms with Crippen LogP contribution in [-0.4, -0.2) is 47.5 Å². The summed E-state index contributed by atoms with van der Waals surface area (Å²) in [6.45, 7) is 9.01. The first-order chi connectivity index (χ1) is 8.29. The minimum Gasteiger partial charge on any atom is -0.383 e. The van der Waals surface area contributed by atoms with E-state index in [9.17, 15) is 0 Å². The van der Waals surface area contributed by atoms with Gasteiger partial charge >= 0.3 is 0 Å². The Hall–Kier alpha value is -1.13. The molecule has 0 spiro atoms. The van der Waals surface area contributed by atoms with Crippen molar-refractivity contribution in [2.75, 3.05) is 38.5 Å². The number of hydrogen-bond donors (Lipinski definition) is 1. The lowest BCUT2D eigenvalue weighted by Crippen LogP contribution is -2.46. The number of rotatable bonds is 4. The van der Waals surface area contributed by atoms with Crippen LogP contribution >= 0.6 is 0 Å². The van der Waals surface area contributed by atoms with Gasteiger partial charge in [0.15, 0.2) is 0 Å². The minimum absolute atomic E-state index is 0.670. The second-order valence-corrected chi connectivity index (χ2v) is 4.67. The van der Waals surface area contributed by atoms with Crippen LogP contribution in [0.4, 0.5) is 5.82 Å². The van der Waals surface area contributed by atoms with Crippen molar-refractivity contribution in [3.63, 3.8) is 0 Å². The Morgan fingerprint density at radius 1 is 1.24 bits per heavy atom. The van der Waals surface area contributed by atoms with E-state index in [2.05, 4.69) is 27.8 Å². The minimum atomic E-state index is 0.670. The van der Waals surface area contributed by atoms with E-state index in [0.717, 1.165) is 25.2 Å². The quantitative estimate of drug-likeness (QED) is 0.850. The normalized spacial score (nSPS) is 18.4. The van der Waals surface area contributed by atoms with Crippen molar-refractivity contribution >= 4 is 5.82 Å². The lowest BCUT2D eigenvalue weighted by atomic mass is 10.2. The zero-order chi connectivity index (χ0) is 12.1. The first-order valence-corrected chi connectivity index (χ1v) is 6.43. The van der Waals surface area contributed by atoms with Gasteiger partial charge in [-0.1, -0.05) is 13.0 Å². The molecule has 2 rings (SSSR count). The Labute approximate surface area is 103 Å². The van der Waals surface area contributed by atoms with Crippen molar-refractivity contribution in [2.45, 2.75) is 19.9 Å². The maximum atomic E-state index is 5.86. The van der Waals surface area contributed by atoms with Gasteiger partial charge in [0.1, 0.15) is 5.82 Å². The first kappa shape index (κ1) is 12.3. The van der Waals surface area contributed by atoms with Gasteiger partial charge in [-0.2, -0.15) is 0 Å². The highest BCUT2D eigenvalue weighted by molar-refractivity contribution is 5.38. The molecule has 0 aliphatic carbocycles. The van der Waals surface area contributed by atoms with E-state index < -0.39 is 0 Å². The van der Waals surface area contributed by atoms with Crippen LogP contribution in [0.5, 0.6) is 0 Å². The number of anilines is 1. The summed E-state index contributed by atoms with van der Waals surface area (Å²) in [5, 5.41) is 0. The standard InChI is InChI=1S/C13H22N4/c1-2-6-16-7-9-17(10-8-16)11-12-4-3-5-15-13(12)14/h3-5H,2,6-11H2,1H3,(H2,14,15). The maximum Gasteiger partial charge on any atom is 0.127 e. The molecule has 4 heteroatoms. The zero-order valence-electron chi connectivity index (χ0n) is 10.6. The molecule has 1 fully saturated rings. The predicted molar refractivity (Wildman–Crippen MR) is 70.7 cm³/mol. The molecule has 17 heavy (non-hydrogen) atoms. The van der Waals surface area contributed by atoms with Crippen LogP contribution in [-0.2, 0) is 6.54 Å². The van der Waals surface area contributed by atoms with Crippen LogP contribution in [0.3, 0.4) is 0 Å². The molecule has 0 bridgehead atoms. The molecule has 1 saturated heterocycles. The van der Waals surface area contributed by atoms with E-state index in [-0.39, 0.29) is 0 Å². The van der Waals surface area contributed by atoms with Crippen molar-refractivity contribution in [3.05, 3.63) is 23.9 Å². The molecule has 4 nitrogen and oxygen atoms in total. The largest absolute Gasteiger partial charge is 0.383 e. The Bertz CT molecular complexity index is 345. The molecule has 1 aliphatic heterocycles. The van der Waals surface area contributed by atoms with Gasteiger partial charge in [0.25, 0.3) is 0 Å². The molecule has 0 radical (unpaired) electrons. The van der Waals surface area contributed by atoms with Crippen LogP contribution < -0.4 is 5.73 Å². The maximum absolute atomic E-state index is 5.86. The van der Waals surface area contributed by atoms with Gasteiger partial charge in [0.2, 0.25) is 0 Å². The Kier molecular flexibility index (Phi) is 4.34. The van der Waals surface area contributed by atoms with E-state index in [1.807, 2.05) is 6.07 Å². The van der Waals surface area contributed by atoms with E-state index in [0.29, 0.717) is 5.82 Å². The molecule has 0 aromatic carbocycles. The second kappa shape index (κ2) is 5.98. The summed E-state index contributed by atoms with van der Waals surface area (Å²) in [6, 6.07) is 4.03. The third-order valence-electron chi connectivity index (χ3n) is 3.32. The van der Waals surface area contributed by atoms with Crippen LogP contribution in [0.25, 0.3) is 0 Å². The lowest BCUT2D eigenvalue weighted by molar-refractivity contribution is 0.127. The average molecular weight is 234 g/mol. The molecule has 1 aliphatic rings. The molecule has 0 unspecified atom stereocenters. The van der Waals surface area contributed by atoms with Gasteiger partial charge in [-0.3, -0.25) is 4.90 Å². The van der Waals surface area contributed by atoms with E-state index >= 15 is 0 Å². The van der Waals surface area contributed by atoms with Crippen molar-refractivity contribution in [2.24, 2.45) is 0 Å². The van der Waals surface area contributed by atoms with Crippen LogP contribution in [0.1, 0.15) is 18.9 Å². The summed E-state index contributed by atoms with van der Waals surface area (Å²) in [7, 11) is 0. The fourth-order valence-corrected chi connectivity index (χ4v) is 2.31. The van der Waals surface area contributed by atoms with Crippen molar-refractivity contribution in [1.29, 1.82) is 0 Å². The fraction of sp³-hybridized carbons (Fsp3) is 0.615. The zero-order valence-corrected chi connectivity index (χ0v) is 10.6. The van der Waals surface area contributed by atoms with Crippen LogP contribution in [0.2, 0.25) is 0 Å². The summed E-state index contributed by atoms with van der Waals surface area (Å²) in [4.78, 5) is 9.12. The molecule has 2 N–H and O–H groups in total. The molecule has 0 atom stereocenters. The van der Waals surface area contributed by atoms with Crippen LogP contribution in [0.15, 0.2) is 18.3 Å². The monoisotopic (exact) mass is 234 g/mol. The third-order valence-corrected chi connectivity index (χ3v) is 3.32. The van der Waals surface area contributed by atoms with E-state index in [1.165, 1.54) is 26.1 Å². The third kappa shape index (κ3) is 3.41. The number of nitrogens with zero attached hydrogens (tertiary/aromatic N) is 3. The first-order valence-electron chi connectivity index (χ1n) is 6.43. The molecule has 2 heterocycles. The lowest BCUT2D eigenvalue weighted by Gasteiger charge is -2.34. The smallest absolute Gasteiger partial charge is 0.127 e. The average Bonchev–Trinajstić information content (AvgIpc) is 2.35. The molecule has 94 valence electrons. The van der Waals surface area contributed by atoms with Crippen molar-refractivity contribution in [3.8, 4) is 0 Å². The van der Waals surface area contributed by atoms with E-state index in [1.54, 1.807) is 6.20 Å². The summed E-state index contributed by atoms with van der Waals surface area (Å²) >= 11 is 0. The number of nitrogen functional groups attached to an aromatic ring is 1. The molecule has 1 aromatic rings. The topological polar surface area (TPSA) is 45.4 Å². The predicted octanol–water partition coefficient (Wildman–Crippen LogP) is 1.19. The van der Waals surface area contributed by atoms with Crippen LogP contribution in [0, 0.1) is 0 Å². The number of aromatic nitrogens is 1. The van der Waals surface area contributed by atoms with Gasteiger partial charge in [-0.15, -0.1) is 0 Å². The highest BCUT2D eigenvalue weighted by Gasteiger charge is 2.16. The highest BCUT2D eigenvalue weighted by atomic mass is 15.3. The molecule has 1 aromatic heterocycles. The molecule has 0 amide bonds. The number of pyridine rings is 1. The second-order valence-electron chi connectivity index (χ2n) is 4.67. The Morgan fingerprint density at radius 3 is 2.59 bits per heavy atom. The molecular weight excluding hydrogens is 212 g/mol.